The van der Waals surface area contributed by atoms with Crippen molar-refractivity contribution < 1.29 is 4.74 Å². The third-order valence-corrected chi connectivity index (χ3v) is 3.73. The highest BCUT2D eigenvalue weighted by molar-refractivity contribution is 4.78. The maximum Gasteiger partial charge on any atom is 0.0578 e. The van der Waals surface area contributed by atoms with E-state index in [1.807, 2.05) is 0 Å². The lowest BCUT2D eigenvalue weighted by molar-refractivity contribution is -0.00205. The van der Waals surface area contributed by atoms with Crippen molar-refractivity contribution in [3.05, 3.63) is 0 Å². The van der Waals surface area contributed by atoms with E-state index in [0.717, 1.165) is 19.6 Å². The second kappa shape index (κ2) is 5.83. The van der Waals surface area contributed by atoms with Crippen LogP contribution in [0.3, 0.4) is 0 Å². The van der Waals surface area contributed by atoms with Gasteiger partial charge in [-0.15, -0.1) is 0 Å². The molecule has 2 aliphatic heterocycles. The Morgan fingerprint density at radius 3 is 2.80 bits per heavy atom. The van der Waals surface area contributed by atoms with Crippen molar-refractivity contribution in [2.75, 3.05) is 13.2 Å². The molecule has 0 aromatic heterocycles. The summed E-state index contributed by atoms with van der Waals surface area (Å²) in [6.45, 7) is 2.04. The molecule has 2 aliphatic rings. The Morgan fingerprint density at radius 2 is 2.00 bits per heavy atom. The molecule has 0 saturated carbocycles. The van der Waals surface area contributed by atoms with Crippen LogP contribution in [-0.4, -0.2) is 25.4 Å². The largest absolute Gasteiger partial charge is 0.378 e. The van der Waals surface area contributed by atoms with E-state index in [4.69, 9.17) is 10.5 Å². The molecule has 3 heteroatoms. The van der Waals surface area contributed by atoms with Crippen LogP contribution in [0.4, 0.5) is 0 Å². The maximum absolute atomic E-state index is 6.13. The van der Waals surface area contributed by atoms with Gasteiger partial charge in [-0.25, -0.2) is 0 Å². The molecule has 2 heterocycles. The smallest absolute Gasteiger partial charge is 0.0578 e. The molecule has 0 aliphatic carbocycles. The Hall–Kier alpha value is -0.120. The molecule has 0 spiro atoms. The third-order valence-electron chi connectivity index (χ3n) is 3.73. The van der Waals surface area contributed by atoms with Crippen LogP contribution in [0, 0.1) is 5.92 Å². The van der Waals surface area contributed by atoms with Crippen LogP contribution < -0.4 is 11.1 Å². The van der Waals surface area contributed by atoms with Gasteiger partial charge in [0.05, 0.1) is 12.3 Å². The maximum atomic E-state index is 6.13. The van der Waals surface area contributed by atoms with Crippen molar-refractivity contribution >= 4 is 0 Å². The van der Waals surface area contributed by atoms with Crippen LogP contribution in [0.15, 0.2) is 0 Å². The van der Waals surface area contributed by atoms with Gasteiger partial charge in [-0.1, -0.05) is 6.42 Å². The minimum absolute atomic E-state index is 0.193. The fraction of sp³-hybridized carbons (Fsp3) is 1.00. The zero-order valence-corrected chi connectivity index (χ0v) is 9.58. The van der Waals surface area contributed by atoms with Crippen LogP contribution in [-0.2, 0) is 4.74 Å². The van der Waals surface area contributed by atoms with Gasteiger partial charge in [0.25, 0.3) is 0 Å². The third kappa shape index (κ3) is 3.44. The molecular formula is C12H24N2O. The van der Waals surface area contributed by atoms with E-state index in [0.29, 0.717) is 12.0 Å². The minimum Gasteiger partial charge on any atom is -0.378 e. The zero-order chi connectivity index (χ0) is 10.5. The molecule has 0 radical (unpaired) electrons. The van der Waals surface area contributed by atoms with Gasteiger partial charge in [-0.2, -0.15) is 0 Å². The molecule has 3 N–H and O–H groups in total. The van der Waals surface area contributed by atoms with Gasteiger partial charge in [0.15, 0.2) is 0 Å². The number of nitrogens with two attached hydrogens (primary N) is 1. The first kappa shape index (κ1) is 11.4. The lowest BCUT2D eigenvalue weighted by Crippen LogP contribution is -2.44. The topological polar surface area (TPSA) is 47.3 Å². The first-order valence-electron chi connectivity index (χ1n) is 6.47. The van der Waals surface area contributed by atoms with E-state index in [1.54, 1.807) is 0 Å². The Balaban J connectivity index is 1.79. The molecule has 2 fully saturated rings. The number of hydrogen-bond donors (Lipinski definition) is 2. The molecule has 3 atom stereocenters. The van der Waals surface area contributed by atoms with Crippen LogP contribution in [0.1, 0.15) is 44.9 Å². The van der Waals surface area contributed by atoms with Crippen molar-refractivity contribution in [1.29, 1.82) is 0 Å². The van der Waals surface area contributed by atoms with Crippen molar-refractivity contribution in [3.8, 4) is 0 Å². The summed E-state index contributed by atoms with van der Waals surface area (Å²) in [5, 5.41) is 3.41. The van der Waals surface area contributed by atoms with Gasteiger partial charge < -0.3 is 15.8 Å². The van der Waals surface area contributed by atoms with Gasteiger partial charge in [0.2, 0.25) is 0 Å². The Labute approximate surface area is 92.7 Å². The molecule has 0 bridgehead atoms. The van der Waals surface area contributed by atoms with E-state index in [9.17, 15) is 0 Å². The molecular weight excluding hydrogens is 188 g/mol. The summed E-state index contributed by atoms with van der Waals surface area (Å²) in [4.78, 5) is 0. The van der Waals surface area contributed by atoms with E-state index in [-0.39, 0.29) is 6.17 Å². The molecule has 15 heavy (non-hydrogen) atoms. The van der Waals surface area contributed by atoms with Crippen LogP contribution >= 0.6 is 0 Å². The summed E-state index contributed by atoms with van der Waals surface area (Å²) < 4.78 is 5.79. The Kier molecular flexibility index (Phi) is 4.42. The summed E-state index contributed by atoms with van der Waals surface area (Å²) >= 11 is 0. The second-order valence-electron chi connectivity index (χ2n) is 4.96. The highest BCUT2D eigenvalue weighted by Crippen LogP contribution is 2.25. The standard InChI is InChI=1S/C12H24N2O/c13-12-10(5-1-3-7-14-12)9-11-6-2-4-8-15-11/h10-12,14H,1-9,13H2. The molecule has 0 aromatic carbocycles. The first-order chi connectivity index (χ1) is 7.36. The molecule has 0 aromatic rings. The predicted molar refractivity (Wildman–Crippen MR) is 61.5 cm³/mol. The van der Waals surface area contributed by atoms with Gasteiger partial charge in [0, 0.05) is 6.61 Å². The van der Waals surface area contributed by atoms with Gasteiger partial charge in [0.1, 0.15) is 0 Å². The van der Waals surface area contributed by atoms with Crippen molar-refractivity contribution in [3.63, 3.8) is 0 Å². The molecule has 88 valence electrons. The number of hydrogen-bond acceptors (Lipinski definition) is 3. The van der Waals surface area contributed by atoms with E-state index in [1.165, 1.54) is 38.5 Å². The van der Waals surface area contributed by atoms with Crippen molar-refractivity contribution in [2.24, 2.45) is 11.7 Å². The summed E-state index contributed by atoms with van der Waals surface area (Å²) in [5.41, 5.74) is 6.13. The van der Waals surface area contributed by atoms with Crippen molar-refractivity contribution in [2.45, 2.75) is 57.2 Å². The fourth-order valence-corrected chi connectivity index (χ4v) is 2.74. The van der Waals surface area contributed by atoms with Gasteiger partial charge >= 0.3 is 0 Å². The lowest BCUT2D eigenvalue weighted by Gasteiger charge is -2.29. The molecule has 0 amide bonds. The van der Waals surface area contributed by atoms with E-state index < -0.39 is 0 Å². The highest BCUT2D eigenvalue weighted by Gasteiger charge is 2.25. The Morgan fingerprint density at radius 1 is 1.13 bits per heavy atom. The quantitative estimate of drug-likeness (QED) is 0.731. The fourth-order valence-electron chi connectivity index (χ4n) is 2.74. The molecule has 2 saturated heterocycles. The average molecular weight is 212 g/mol. The number of ether oxygens (including phenoxy) is 1. The van der Waals surface area contributed by atoms with E-state index >= 15 is 0 Å². The van der Waals surface area contributed by atoms with Crippen LogP contribution in [0.5, 0.6) is 0 Å². The second-order valence-corrected chi connectivity index (χ2v) is 4.96. The van der Waals surface area contributed by atoms with Gasteiger partial charge in [-0.05, 0) is 51.0 Å². The van der Waals surface area contributed by atoms with Crippen LogP contribution in [0.25, 0.3) is 0 Å². The monoisotopic (exact) mass is 212 g/mol. The first-order valence-corrected chi connectivity index (χ1v) is 6.47. The van der Waals surface area contributed by atoms with Crippen molar-refractivity contribution in [1.82, 2.24) is 5.32 Å². The highest BCUT2D eigenvalue weighted by atomic mass is 16.5. The summed E-state index contributed by atoms with van der Waals surface area (Å²) in [6.07, 6.45) is 9.51. The summed E-state index contributed by atoms with van der Waals surface area (Å²) in [7, 11) is 0. The van der Waals surface area contributed by atoms with Crippen LogP contribution in [0.2, 0.25) is 0 Å². The summed E-state index contributed by atoms with van der Waals surface area (Å²) in [6, 6.07) is 0. The predicted octanol–water partition coefficient (Wildman–Crippen LogP) is 1.62. The molecule has 3 nitrogen and oxygen atoms in total. The normalized spacial score (nSPS) is 38.6. The van der Waals surface area contributed by atoms with Gasteiger partial charge in [-0.3, -0.25) is 0 Å². The number of nitrogens with one attached hydrogen (secondary N) is 1. The zero-order valence-electron chi connectivity index (χ0n) is 9.58. The van der Waals surface area contributed by atoms with E-state index in [2.05, 4.69) is 5.32 Å². The summed E-state index contributed by atoms with van der Waals surface area (Å²) in [5.74, 6) is 0.621. The Bertz CT molecular complexity index is 180. The molecule has 3 unspecified atom stereocenters. The number of rotatable bonds is 2. The SMILES string of the molecule is NC1NCCCCC1CC1CCCCO1. The average Bonchev–Trinajstić information content (AvgIpc) is 2.46. The molecule has 2 rings (SSSR count). The minimum atomic E-state index is 0.193. The lowest BCUT2D eigenvalue weighted by atomic mass is 9.91.